The van der Waals surface area contributed by atoms with Crippen LogP contribution in [0.2, 0.25) is 0 Å². The van der Waals surface area contributed by atoms with Crippen LogP contribution < -0.4 is 10.6 Å². The van der Waals surface area contributed by atoms with E-state index in [1.165, 1.54) is 12.8 Å². The van der Waals surface area contributed by atoms with Gasteiger partial charge in [-0.05, 0) is 32.2 Å². The van der Waals surface area contributed by atoms with E-state index in [0.717, 1.165) is 26.0 Å². The van der Waals surface area contributed by atoms with Crippen LogP contribution in [0.4, 0.5) is 0 Å². The lowest BCUT2D eigenvalue weighted by atomic mass is 10.2. The Hall–Kier alpha value is -0.610. The largest absolute Gasteiger partial charge is 0.379 e. The van der Waals surface area contributed by atoms with Crippen LogP contribution in [0.5, 0.6) is 0 Å². The van der Waals surface area contributed by atoms with Crippen LogP contribution in [0, 0.1) is 0 Å². The second kappa shape index (κ2) is 5.47. The zero-order valence-electron chi connectivity index (χ0n) is 9.13. The van der Waals surface area contributed by atoms with E-state index >= 15 is 0 Å². The summed E-state index contributed by atoms with van der Waals surface area (Å²) in [6.07, 6.45) is 5.25. The van der Waals surface area contributed by atoms with Gasteiger partial charge in [-0.3, -0.25) is 4.79 Å². The molecule has 1 saturated carbocycles. The van der Waals surface area contributed by atoms with Crippen molar-refractivity contribution < 1.29 is 9.53 Å². The minimum absolute atomic E-state index is 0.136. The van der Waals surface area contributed by atoms with Crippen LogP contribution in [-0.2, 0) is 9.53 Å². The van der Waals surface area contributed by atoms with Gasteiger partial charge in [-0.25, -0.2) is 0 Å². The summed E-state index contributed by atoms with van der Waals surface area (Å²) < 4.78 is 5.47. The van der Waals surface area contributed by atoms with Crippen LogP contribution in [0.15, 0.2) is 0 Å². The molecule has 0 aromatic rings. The Morgan fingerprint density at radius 3 is 2.93 bits per heavy atom. The summed E-state index contributed by atoms with van der Waals surface area (Å²) >= 11 is 0. The van der Waals surface area contributed by atoms with Gasteiger partial charge in [-0.2, -0.15) is 0 Å². The third-order valence-electron chi connectivity index (χ3n) is 2.90. The third kappa shape index (κ3) is 4.18. The van der Waals surface area contributed by atoms with Gasteiger partial charge in [0.05, 0.1) is 13.2 Å². The van der Waals surface area contributed by atoms with Crippen LogP contribution in [-0.4, -0.2) is 37.7 Å². The number of rotatable bonds is 6. The number of hydrogen-bond donors (Lipinski definition) is 2. The molecule has 0 bridgehead atoms. The Kier molecular flexibility index (Phi) is 3.97. The van der Waals surface area contributed by atoms with Gasteiger partial charge in [0.1, 0.15) is 0 Å². The number of hydrogen-bond acceptors (Lipinski definition) is 3. The number of ether oxygens (including phenoxy) is 1. The van der Waals surface area contributed by atoms with Crippen LogP contribution in [0.3, 0.4) is 0 Å². The van der Waals surface area contributed by atoms with Gasteiger partial charge in [0, 0.05) is 18.5 Å². The predicted molar refractivity (Wildman–Crippen MR) is 57.6 cm³/mol. The minimum Gasteiger partial charge on any atom is -0.379 e. The Labute approximate surface area is 90.8 Å². The molecule has 2 rings (SSSR count). The van der Waals surface area contributed by atoms with Gasteiger partial charge in [0.25, 0.3) is 0 Å². The van der Waals surface area contributed by atoms with Gasteiger partial charge in [0.2, 0.25) is 5.91 Å². The highest BCUT2D eigenvalue weighted by Crippen LogP contribution is 2.18. The van der Waals surface area contributed by atoms with Crippen molar-refractivity contribution >= 4 is 5.91 Å². The molecule has 1 amide bonds. The Morgan fingerprint density at radius 1 is 1.40 bits per heavy atom. The summed E-state index contributed by atoms with van der Waals surface area (Å²) in [5, 5.41) is 6.31. The molecule has 4 nitrogen and oxygen atoms in total. The topological polar surface area (TPSA) is 50.4 Å². The molecule has 1 heterocycles. The molecule has 1 unspecified atom stereocenters. The fourth-order valence-corrected chi connectivity index (χ4v) is 1.82. The summed E-state index contributed by atoms with van der Waals surface area (Å²) in [6, 6.07) is 0.977. The van der Waals surface area contributed by atoms with E-state index in [1.54, 1.807) is 0 Å². The Bertz CT molecular complexity index is 211. The second-order valence-electron chi connectivity index (χ2n) is 4.46. The fraction of sp³-hybridized carbons (Fsp3) is 0.909. The standard InChI is InChI=1S/C11H20N2O2/c14-11(13-9-3-4-9)5-7-15-8-10-2-1-6-12-10/h9-10,12H,1-8H2,(H,13,14). The summed E-state index contributed by atoms with van der Waals surface area (Å²) in [5.41, 5.74) is 0. The molecule has 0 aromatic heterocycles. The molecule has 2 aliphatic rings. The van der Waals surface area contributed by atoms with E-state index in [-0.39, 0.29) is 5.91 Å². The zero-order valence-corrected chi connectivity index (χ0v) is 9.13. The lowest BCUT2D eigenvalue weighted by molar-refractivity contribution is -0.122. The van der Waals surface area contributed by atoms with Gasteiger partial charge < -0.3 is 15.4 Å². The molecular weight excluding hydrogens is 192 g/mol. The average Bonchev–Trinajstić information content (AvgIpc) is 2.87. The maximum absolute atomic E-state index is 11.3. The van der Waals surface area contributed by atoms with Crippen molar-refractivity contribution in [2.75, 3.05) is 19.8 Å². The molecule has 4 heteroatoms. The first-order valence-corrected chi connectivity index (χ1v) is 5.95. The van der Waals surface area contributed by atoms with Gasteiger partial charge in [-0.15, -0.1) is 0 Å². The molecule has 2 N–H and O–H groups in total. The van der Waals surface area contributed by atoms with Gasteiger partial charge in [0.15, 0.2) is 0 Å². The van der Waals surface area contributed by atoms with Crippen molar-refractivity contribution in [3.8, 4) is 0 Å². The molecule has 1 aliphatic heterocycles. The van der Waals surface area contributed by atoms with E-state index in [1.807, 2.05) is 0 Å². The van der Waals surface area contributed by atoms with Crippen molar-refractivity contribution in [1.29, 1.82) is 0 Å². The molecular formula is C11H20N2O2. The van der Waals surface area contributed by atoms with Crippen molar-refractivity contribution in [3.05, 3.63) is 0 Å². The highest BCUT2D eigenvalue weighted by Gasteiger charge is 2.22. The maximum atomic E-state index is 11.3. The lowest BCUT2D eigenvalue weighted by Gasteiger charge is -2.10. The number of nitrogens with one attached hydrogen (secondary N) is 2. The highest BCUT2D eigenvalue weighted by atomic mass is 16.5. The SMILES string of the molecule is O=C(CCOCC1CCCN1)NC1CC1. The molecule has 1 atom stereocenters. The molecule has 0 radical (unpaired) electrons. The maximum Gasteiger partial charge on any atom is 0.222 e. The van der Waals surface area contributed by atoms with E-state index in [4.69, 9.17) is 4.74 Å². The first-order chi connectivity index (χ1) is 7.34. The smallest absolute Gasteiger partial charge is 0.222 e. The summed E-state index contributed by atoms with van der Waals surface area (Å²) in [7, 11) is 0. The molecule has 15 heavy (non-hydrogen) atoms. The minimum atomic E-state index is 0.136. The number of amides is 1. The van der Waals surface area contributed by atoms with E-state index < -0.39 is 0 Å². The normalized spacial score (nSPS) is 25.5. The van der Waals surface area contributed by atoms with Gasteiger partial charge in [-0.1, -0.05) is 0 Å². The Balaban J connectivity index is 1.44. The molecule has 1 aliphatic carbocycles. The van der Waals surface area contributed by atoms with Crippen molar-refractivity contribution in [3.63, 3.8) is 0 Å². The van der Waals surface area contributed by atoms with Crippen LogP contribution in [0.25, 0.3) is 0 Å². The summed E-state index contributed by atoms with van der Waals surface area (Å²) in [5.74, 6) is 0.136. The van der Waals surface area contributed by atoms with Crippen LogP contribution in [0.1, 0.15) is 32.1 Å². The molecule has 0 spiro atoms. The van der Waals surface area contributed by atoms with Crippen LogP contribution >= 0.6 is 0 Å². The quantitative estimate of drug-likeness (QED) is 0.628. The van der Waals surface area contributed by atoms with Crippen molar-refractivity contribution in [1.82, 2.24) is 10.6 Å². The monoisotopic (exact) mass is 212 g/mol. The van der Waals surface area contributed by atoms with Gasteiger partial charge >= 0.3 is 0 Å². The zero-order chi connectivity index (χ0) is 10.5. The van der Waals surface area contributed by atoms with E-state index in [2.05, 4.69) is 10.6 Å². The molecule has 86 valence electrons. The molecule has 0 aromatic carbocycles. The first kappa shape index (κ1) is 10.9. The first-order valence-electron chi connectivity index (χ1n) is 5.95. The van der Waals surface area contributed by atoms with Crippen molar-refractivity contribution in [2.45, 2.75) is 44.2 Å². The average molecular weight is 212 g/mol. The number of carbonyl (C=O) groups is 1. The lowest BCUT2D eigenvalue weighted by Crippen LogP contribution is -2.29. The molecule has 1 saturated heterocycles. The summed E-state index contributed by atoms with van der Waals surface area (Å²) in [4.78, 5) is 11.3. The second-order valence-corrected chi connectivity index (χ2v) is 4.46. The summed E-state index contributed by atoms with van der Waals surface area (Å²) in [6.45, 7) is 2.41. The molecule has 2 fully saturated rings. The fourth-order valence-electron chi connectivity index (χ4n) is 1.82. The highest BCUT2D eigenvalue weighted by molar-refractivity contribution is 5.76. The number of carbonyl (C=O) groups excluding carboxylic acids is 1. The van der Waals surface area contributed by atoms with E-state index in [9.17, 15) is 4.79 Å². The predicted octanol–water partition coefficient (Wildman–Crippen LogP) is 0.424. The Morgan fingerprint density at radius 2 is 2.27 bits per heavy atom. The third-order valence-corrected chi connectivity index (χ3v) is 2.90. The van der Waals surface area contributed by atoms with E-state index in [0.29, 0.717) is 25.1 Å². The van der Waals surface area contributed by atoms with Crippen molar-refractivity contribution in [2.24, 2.45) is 0 Å².